The van der Waals surface area contributed by atoms with Gasteiger partial charge >= 0.3 is 5.97 Å². The summed E-state index contributed by atoms with van der Waals surface area (Å²) in [6, 6.07) is 0. The van der Waals surface area contributed by atoms with Gasteiger partial charge in [0, 0.05) is 19.3 Å². The standard InChI is InChI=1S/C10H16O3/c1-8(12)13-10-5-3-2-4-9(10)6-7-11/h7,9-10H,2-6H2,1H3/t9-,10-/m0/s1. The Hall–Kier alpha value is -0.860. The maximum Gasteiger partial charge on any atom is 0.302 e. The highest BCUT2D eigenvalue weighted by molar-refractivity contribution is 5.66. The number of hydrogen-bond acceptors (Lipinski definition) is 3. The zero-order valence-corrected chi connectivity index (χ0v) is 7.99. The van der Waals surface area contributed by atoms with Crippen molar-refractivity contribution in [3.63, 3.8) is 0 Å². The summed E-state index contributed by atoms with van der Waals surface area (Å²) in [5.41, 5.74) is 0. The van der Waals surface area contributed by atoms with E-state index in [0.717, 1.165) is 32.0 Å². The molecule has 1 aliphatic rings. The Morgan fingerprint density at radius 3 is 2.77 bits per heavy atom. The predicted molar refractivity (Wildman–Crippen MR) is 48.2 cm³/mol. The van der Waals surface area contributed by atoms with Gasteiger partial charge in [0.15, 0.2) is 0 Å². The second kappa shape index (κ2) is 5.00. The first-order chi connectivity index (χ1) is 6.24. The number of hydrogen-bond donors (Lipinski definition) is 0. The van der Waals surface area contributed by atoms with Crippen LogP contribution < -0.4 is 0 Å². The lowest BCUT2D eigenvalue weighted by atomic mass is 9.84. The first-order valence-electron chi connectivity index (χ1n) is 4.85. The zero-order chi connectivity index (χ0) is 9.68. The van der Waals surface area contributed by atoms with Crippen LogP contribution in [0.3, 0.4) is 0 Å². The third kappa shape index (κ3) is 3.17. The molecule has 0 saturated heterocycles. The van der Waals surface area contributed by atoms with Crippen LogP contribution in [0, 0.1) is 5.92 Å². The molecule has 0 heterocycles. The molecule has 0 unspecified atom stereocenters. The summed E-state index contributed by atoms with van der Waals surface area (Å²) in [5, 5.41) is 0. The normalized spacial score (nSPS) is 28.1. The largest absolute Gasteiger partial charge is 0.462 e. The highest BCUT2D eigenvalue weighted by Crippen LogP contribution is 2.28. The maximum atomic E-state index is 10.8. The minimum Gasteiger partial charge on any atom is -0.462 e. The van der Waals surface area contributed by atoms with Crippen LogP contribution >= 0.6 is 0 Å². The summed E-state index contributed by atoms with van der Waals surface area (Å²) in [6.07, 6.45) is 5.61. The van der Waals surface area contributed by atoms with Crippen molar-refractivity contribution in [2.45, 2.75) is 45.1 Å². The fourth-order valence-corrected chi connectivity index (χ4v) is 1.94. The average molecular weight is 184 g/mol. The molecular weight excluding hydrogens is 168 g/mol. The molecule has 1 aliphatic carbocycles. The summed E-state index contributed by atoms with van der Waals surface area (Å²) < 4.78 is 5.16. The molecule has 0 radical (unpaired) electrons. The SMILES string of the molecule is CC(=O)O[C@H]1CCCC[C@H]1CC=O. The molecule has 0 aliphatic heterocycles. The van der Waals surface area contributed by atoms with Crippen molar-refractivity contribution in [2.75, 3.05) is 0 Å². The summed E-state index contributed by atoms with van der Waals surface area (Å²) in [5.74, 6) is 0.0259. The van der Waals surface area contributed by atoms with Crippen LogP contribution in [0.2, 0.25) is 0 Å². The van der Waals surface area contributed by atoms with Crippen molar-refractivity contribution >= 4 is 12.3 Å². The van der Waals surface area contributed by atoms with Gasteiger partial charge in [-0.2, -0.15) is 0 Å². The second-order valence-electron chi connectivity index (χ2n) is 3.59. The lowest BCUT2D eigenvalue weighted by molar-refractivity contribution is -0.151. The van der Waals surface area contributed by atoms with E-state index in [2.05, 4.69) is 0 Å². The van der Waals surface area contributed by atoms with E-state index in [1.165, 1.54) is 6.92 Å². The molecule has 13 heavy (non-hydrogen) atoms. The van der Waals surface area contributed by atoms with E-state index in [4.69, 9.17) is 4.74 Å². The van der Waals surface area contributed by atoms with E-state index in [-0.39, 0.29) is 18.0 Å². The minimum absolute atomic E-state index is 0.0172. The molecule has 3 nitrogen and oxygen atoms in total. The van der Waals surface area contributed by atoms with Crippen molar-refractivity contribution < 1.29 is 14.3 Å². The number of carbonyl (C=O) groups excluding carboxylic acids is 2. The van der Waals surface area contributed by atoms with Gasteiger partial charge in [-0.1, -0.05) is 6.42 Å². The molecular formula is C10H16O3. The first-order valence-corrected chi connectivity index (χ1v) is 4.85. The molecule has 0 aromatic heterocycles. The van der Waals surface area contributed by atoms with Crippen molar-refractivity contribution in [3.8, 4) is 0 Å². The second-order valence-corrected chi connectivity index (χ2v) is 3.59. The van der Waals surface area contributed by atoms with Gasteiger partial charge in [0.2, 0.25) is 0 Å². The summed E-state index contributed by atoms with van der Waals surface area (Å²) in [4.78, 5) is 21.1. The van der Waals surface area contributed by atoms with Gasteiger partial charge in [-0.25, -0.2) is 0 Å². The monoisotopic (exact) mass is 184 g/mol. The molecule has 0 aromatic rings. The number of carbonyl (C=O) groups is 2. The quantitative estimate of drug-likeness (QED) is 0.495. The highest BCUT2D eigenvalue weighted by atomic mass is 16.5. The Kier molecular flexibility index (Phi) is 3.93. The van der Waals surface area contributed by atoms with E-state index in [0.29, 0.717) is 6.42 Å². The average Bonchev–Trinajstić information content (AvgIpc) is 2.08. The van der Waals surface area contributed by atoms with E-state index in [1.54, 1.807) is 0 Å². The molecule has 0 N–H and O–H groups in total. The van der Waals surface area contributed by atoms with Gasteiger partial charge in [-0.15, -0.1) is 0 Å². The molecule has 3 heteroatoms. The Morgan fingerprint density at radius 1 is 1.46 bits per heavy atom. The maximum absolute atomic E-state index is 10.8. The lowest BCUT2D eigenvalue weighted by Crippen LogP contribution is -2.29. The molecule has 0 amide bonds. The Labute approximate surface area is 78.5 Å². The van der Waals surface area contributed by atoms with Crippen LogP contribution in [-0.4, -0.2) is 18.4 Å². The number of rotatable bonds is 3. The van der Waals surface area contributed by atoms with Crippen molar-refractivity contribution in [1.82, 2.24) is 0 Å². The van der Waals surface area contributed by atoms with Gasteiger partial charge in [0.05, 0.1) is 0 Å². The fourth-order valence-electron chi connectivity index (χ4n) is 1.94. The van der Waals surface area contributed by atoms with E-state index < -0.39 is 0 Å². The van der Waals surface area contributed by atoms with Crippen LogP contribution in [0.1, 0.15) is 39.0 Å². The molecule has 1 rings (SSSR count). The third-order valence-electron chi connectivity index (χ3n) is 2.56. The number of ether oxygens (including phenoxy) is 1. The van der Waals surface area contributed by atoms with Crippen LogP contribution in [0.4, 0.5) is 0 Å². The van der Waals surface area contributed by atoms with Gasteiger partial charge in [-0.05, 0) is 19.3 Å². The van der Waals surface area contributed by atoms with Crippen LogP contribution in [0.15, 0.2) is 0 Å². The van der Waals surface area contributed by atoms with Crippen LogP contribution in [-0.2, 0) is 14.3 Å². The minimum atomic E-state index is -0.234. The fraction of sp³-hybridized carbons (Fsp3) is 0.800. The molecule has 1 fully saturated rings. The third-order valence-corrected chi connectivity index (χ3v) is 2.56. The first kappa shape index (κ1) is 10.2. The summed E-state index contributed by atoms with van der Waals surface area (Å²) in [7, 11) is 0. The summed E-state index contributed by atoms with van der Waals surface area (Å²) >= 11 is 0. The molecule has 0 bridgehead atoms. The smallest absolute Gasteiger partial charge is 0.302 e. The van der Waals surface area contributed by atoms with Gasteiger partial charge in [-0.3, -0.25) is 4.79 Å². The highest BCUT2D eigenvalue weighted by Gasteiger charge is 2.26. The molecule has 0 spiro atoms. The van der Waals surface area contributed by atoms with Gasteiger partial charge in [0.1, 0.15) is 12.4 Å². The lowest BCUT2D eigenvalue weighted by Gasteiger charge is -2.29. The predicted octanol–water partition coefficient (Wildman–Crippen LogP) is 1.70. The van der Waals surface area contributed by atoms with Crippen molar-refractivity contribution in [1.29, 1.82) is 0 Å². The van der Waals surface area contributed by atoms with Crippen molar-refractivity contribution in [3.05, 3.63) is 0 Å². The number of aldehydes is 1. The molecule has 74 valence electrons. The Morgan fingerprint density at radius 2 is 2.15 bits per heavy atom. The van der Waals surface area contributed by atoms with Crippen molar-refractivity contribution in [2.24, 2.45) is 5.92 Å². The molecule has 0 aromatic carbocycles. The van der Waals surface area contributed by atoms with Crippen LogP contribution in [0.25, 0.3) is 0 Å². The zero-order valence-electron chi connectivity index (χ0n) is 7.99. The Balaban J connectivity index is 2.45. The van der Waals surface area contributed by atoms with E-state index >= 15 is 0 Å². The van der Waals surface area contributed by atoms with Crippen LogP contribution in [0.5, 0.6) is 0 Å². The number of esters is 1. The van der Waals surface area contributed by atoms with E-state index in [1.807, 2.05) is 0 Å². The topological polar surface area (TPSA) is 43.4 Å². The van der Waals surface area contributed by atoms with Gasteiger partial charge < -0.3 is 9.53 Å². The Bertz CT molecular complexity index is 189. The molecule has 2 atom stereocenters. The summed E-state index contributed by atoms with van der Waals surface area (Å²) in [6.45, 7) is 1.42. The molecule has 1 saturated carbocycles. The van der Waals surface area contributed by atoms with Gasteiger partial charge in [0.25, 0.3) is 0 Å². The van der Waals surface area contributed by atoms with E-state index in [9.17, 15) is 9.59 Å².